The first-order valence-electron chi connectivity index (χ1n) is 7.87. The second-order valence-electron chi connectivity index (χ2n) is 5.34. The van der Waals surface area contributed by atoms with E-state index in [1.54, 1.807) is 24.3 Å². The standard InChI is InChI=1S/C21H18O4/c1-3-10-23-16-12-18(24-11-4-2)21-17(15-8-6-5-7-9-15)14-20(22)25-19(21)13-16/h3-9,12-14H,1-2,10-11H2. The van der Waals surface area contributed by atoms with Crippen molar-refractivity contribution in [3.8, 4) is 22.6 Å². The van der Waals surface area contributed by atoms with Crippen molar-refractivity contribution in [2.24, 2.45) is 0 Å². The van der Waals surface area contributed by atoms with Crippen LogP contribution in [0, 0.1) is 0 Å². The molecular formula is C21H18O4. The van der Waals surface area contributed by atoms with E-state index in [1.165, 1.54) is 6.07 Å². The first kappa shape index (κ1) is 16.6. The molecule has 0 fully saturated rings. The van der Waals surface area contributed by atoms with Gasteiger partial charge in [-0.1, -0.05) is 55.6 Å². The van der Waals surface area contributed by atoms with Gasteiger partial charge in [0, 0.05) is 23.8 Å². The summed E-state index contributed by atoms with van der Waals surface area (Å²) in [6.07, 6.45) is 3.30. The molecule has 0 aliphatic carbocycles. The van der Waals surface area contributed by atoms with Crippen LogP contribution >= 0.6 is 0 Å². The van der Waals surface area contributed by atoms with Crippen LogP contribution in [0.2, 0.25) is 0 Å². The van der Waals surface area contributed by atoms with Crippen LogP contribution in [-0.4, -0.2) is 13.2 Å². The molecule has 1 aromatic heterocycles. The van der Waals surface area contributed by atoms with Crippen LogP contribution < -0.4 is 15.1 Å². The molecule has 4 heteroatoms. The minimum Gasteiger partial charge on any atom is -0.489 e. The third-order valence-corrected chi connectivity index (χ3v) is 3.59. The van der Waals surface area contributed by atoms with Gasteiger partial charge in [-0.2, -0.15) is 0 Å². The Morgan fingerprint density at radius 1 is 0.960 bits per heavy atom. The molecule has 0 saturated heterocycles. The molecule has 126 valence electrons. The van der Waals surface area contributed by atoms with Gasteiger partial charge < -0.3 is 13.9 Å². The monoisotopic (exact) mass is 334 g/mol. The highest BCUT2D eigenvalue weighted by Gasteiger charge is 2.15. The molecule has 0 spiro atoms. The third kappa shape index (κ3) is 3.63. The zero-order chi connectivity index (χ0) is 17.6. The molecule has 0 aliphatic heterocycles. The van der Waals surface area contributed by atoms with Crippen molar-refractivity contribution in [2.45, 2.75) is 0 Å². The zero-order valence-electron chi connectivity index (χ0n) is 13.7. The third-order valence-electron chi connectivity index (χ3n) is 3.59. The predicted octanol–water partition coefficient (Wildman–Crippen LogP) is 4.59. The lowest BCUT2D eigenvalue weighted by atomic mass is 10.0. The Bertz CT molecular complexity index is 955. The van der Waals surface area contributed by atoms with Crippen LogP contribution in [0.3, 0.4) is 0 Å². The van der Waals surface area contributed by atoms with E-state index in [0.29, 0.717) is 30.3 Å². The maximum absolute atomic E-state index is 12.0. The summed E-state index contributed by atoms with van der Waals surface area (Å²) in [5, 5.41) is 0.721. The average Bonchev–Trinajstić information content (AvgIpc) is 2.64. The van der Waals surface area contributed by atoms with Gasteiger partial charge in [0.05, 0.1) is 5.39 Å². The highest BCUT2D eigenvalue weighted by Crippen LogP contribution is 2.37. The van der Waals surface area contributed by atoms with Crippen LogP contribution in [0.15, 0.2) is 83.1 Å². The molecule has 1 heterocycles. The van der Waals surface area contributed by atoms with Crippen LogP contribution in [-0.2, 0) is 0 Å². The van der Waals surface area contributed by atoms with E-state index in [4.69, 9.17) is 13.9 Å². The summed E-state index contributed by atoms with van der Waals surface area (Å²) in [5.74, 6) is 1.11. The average molecular weight is 334 g/mol. The van der Waals surface area contributed by atoms with Crippen LogP contribution in [0.4, 0.5) is 0 Å². The maximum Gasteiger partial charge on any atom is 0.336 e. The minimum absolute atomic E-state index is 0.327. The minimum atomic E-state index is -0.429. The van der Waals surface area contributed by atoms with Crippen molar-refractivity contribution in [3.05, 3.63) is 84.3 Å². The Morgan fingerprint density at radius 3 is 2.40 bits per heavy atom. The summed E-state index contributed by atoms with van der Waals surface area (Å²) < 4.78 is 16.8. The van der Waals surface area contributed by atoms with Crippen molar-refractivity contribution in [1.29, 1.82) is 0 Å². The smallest absolute Gasteiger partial charge is 0.336 e. The fourth-order valence-electron chi connectivity index (χ4n) is 2.59. The normalized spacial score (nSPS) is 10.4. The van der Waals surface area contributed by atoms with E-state index >= 15 is 0 Å². The molecule has 0 bridgehead atoms. The van der Waals surface area contributed by atoms with Gasteiger partial charge in [0.25, 0.3) is 0 Å². The summed E-state index contributed by atoms with van der Waals surface area (Å²) in [5.41, 5.74) is 1.64. The fourth-order valence-corrected chi connectivity index (χ4v) is 2.59. The first-order valence-corrected chi connectivity index (χ1v) is 7.87. The van der Waals surface area contributed by atoms with Crippen molar-refractivity contribution in [2.75, 3.05) is 13.2 Å². The molecule has 0 atom stereocenters. The van der Waals surface area contributed by atoms with Gasteiger partial charge in [-0.05, 0) is 5.56 Å². The molecule has 3 aromatic rings. The molecule has 25 heavy (non-hydrogen) atoms. The summed E-state index contributed by atoms with van der Waals surface area (Å²) in [6.45, 7) is 7.98. The molecule has 0 N–H and O–H groups in total. The largest absolute Gasteiger partial charge is 0.489 e. The molecule has 0 radical (unpaired) electrons. The summed E-state index contributed by atoms with van der Waals surface area (Å²) in [4.78, 5) is 12.0. The topological polar surface area (TPSA) is 48.7 Å². The Kier molecular flexibility index (Phi) is 5.00. The highest BCUT2D eigenvalue weighted by molar-refractivity contribution is 5.98. The number of fused-ring (bicyclic) bond motifs is 1. The molecule has 2 aromatic carbocycles. The lowest BCUT2D eigenvalue weighted by molar-refractivity contribution is 0.347. The van der Waals surface area contributed by atoms with Crippen molar-refractivity contribution in [3.63, 3.8) is 0 Å². The lowest BCUT2D eigenvalue weighted by Crippen LogP contribution is -2.02. The van der Waals surface area contributed by atoms with Crippen LogP contribution in [0.1, 0.15) is 0 Å². The van der Waals surface area contributed by atoms with E-state index in [1.807, 2.05) is 30.3 Å². The van der Waals surface area contributed by atoms with Crippen molar-refractivity contribution >= 4 is 11.0 Å². The fraction of sp³-hybridized carbons (Fsp3) is 0.0952. The number of hydrogen-bond donors (Lipinski definition) is 0. The maximum atomic E-state index is 12.0. The number of ether oxygens (including phenoxy) is 2. The Morgan fingerprint density at radius 2 is 1.68 bits per heavy atom. The first-order chi connectivity index (χ1) is 12.2. The van der Waals surface area contributed by atoms with Gasteiger partial charge in [0.1, 0.15) is 30.3 Å². The molecule has 0 unspecified atom stereocenters. The zero-order valence-corrected chi connectivity index (χ0v) is 13.7. The Hall–Kier alpha value is -3.27. The van der Waals surface area contributed by atoms with E-state index in [9.17, 15) is 4.79 Å². The summed E-state index contributed by atoms with van der Waals surface area (Å²) >= 11 is 0. The second kappa shape index (κ2) is 7.53. The quantitative estimate of drug-likeness (QED) is 0.468. The van der Waals surface area contributed by atoms with Gasteiger partial charge in [-0.15, -0.1) is 0 Å². The van der Waals surface area contributed by atoms with Gasteiger partial charge in [0.15, 0.2) is 0 Å². The number of rotatable bonds is 7. The van der Waals surface area contributed by atoms with E-state index < -0.39 is 5.63 Å². The molecule has 0 aliphatic rings. The second-order valence-corrected chi connectivity index (χ2v) is 5.34. The SMILES string of the molecule is C=CCOc1cc(OCC=C)c2c(-c3ccccc3)cc(=O)oc2c1. The molecule has 0 amide bonds. The van der Waals surface area contributed by atoms with Gasteiger partial charge >= 0.3 is 5.63 Å². The lowest BCUT2D eigenvalue weighted by Gasteiger charge is -2.13. The number of hydrogen-bond acceptors (Lipinski definition) is 4. The van der Waals surface area contributed by atoms with E-state index in [2.05, 4.69) is 13.2 Å². The highest BCUT2D eigenvalue weighted by atomic mass is 16.5. The van der Waals surface area contributed by atoms with Crippen LogP contribution in [0.25, 0.3) is 22.1 Å². The summed E-state index contributed by atoms with van der Waals surface area (Å²) in [7, 11) is 0. The summed E-state index contributed by atoms with van der Waals surface area (Å²) in [6, 6.07) is 14.6. The van der Waals surface area contributed by atoms with Gasteiger partial charge in [-0.3, -0.25) is 0 Å². The van der Waals surface area contributed by atoms with Crippen molar-refractivity contribution < 1.29 is 13.9 Å². The number of benzene rings is 2. The van der Waals surface area contributed by atoms with Gasteiger partial charge in [-0.25, -0.2) is 4.79 Å². The van der Waals surface area contributed by atoms with Crippen LogP contribution in [0.5, 0.6) is 11.5 Å². The molecule has 0 saturated carbocycles. The Balaban J connectivity index is 2.27. The molecule has 4 nitrogen and oxygen atoms in total. The predicted molar refractivity (Wildman–Crippen MR) is 99.3 cm³/mol. The van der Waals surface area contributed by atoms with Crippen molar-refractivity contribution in [1.82, 2.24) is 0 Å². The van der Waals surface area contributed by atoms with Gasteiger partial charge in [0.2, 0.25) is 0 Å². The van der Waals surface area contributed by atoms with E-state index in [-0.39, 0.29) is 0 Å². The van der Waals surface area contributed by atoms with E-state index in [0.717, 1.165) is 16.5 Å². The molecular weight excluding hydrogens is 316 g/mol. The molecule has 3 rings (SSSR count). The Labute approximate surface area is 145 Å².